The van der Waals surface area contributed by atoms with Crippen LogP contribution in [0, 0.1) is 0 Å². The molecule has 0 saturated heterocycles. The number of ether oxygens (including phenoxy) is 2. The molecule has 0 spiro atoms. The van der Waals surface area contributed by atoms with E-state index in [0.29, 0.717) is 12.4 Å². The van der Waals surface area contributed by atoms with Crippen molar-refractivity contribution in [1.29, 1.82) is 0 Å². The molecule has 0 fully saturated rings. The Hall–Kier alpha value is -1.38. The summed E-state index contributed by atoms with van der Waals surface area (Å²) in [6.07, 6.45) is 2.14. The van der Waals surface area contributed by atoms with E-state index in [1.54, 1.807) is 18.2 Å². The number of unbranched alkanes of at least 4 members (excludes halogenated alkanes) is 1. The van der Waals surface area contributed by atoms with Crippen LogP contribution in [0.25, 0.3) is 0 Å². The number of hydrogen-bond donors (Lipinski definition) is 1. The largest absolute Gasteiger partial charge is 0.504 e. The predicted octanol–water partition coefficient (Wildman–Crippen LogP) is 2.58. The van der Waals surface area contributed by atoms with Crippen molar-refractivity contribution in [3.8, 4) is 17.2 Å². The van der Waals surface area contributed by atoms with Crippen LogP contribution in [0.4, 0.5) is 0 Å². The van der Waals surface area contributed by atoms with E-state index in [0.717, 1.165) is 18.6 Å². The molecule has 0 atom stereocenters. The first-order chi connectivity index (χ1) is 6.77. The molecule has 0 aliphatic heterocycles. The van der Waals surface area contributed by atoms with E-state index in [1.165, 1.54) is 7.11 Å². The predicted molar refractivity (Wildman–Crippen MR) is 55.1 cm³/mol. The fraction of sp³-hybridized carbons (Fsp3) is 0.455. The highest BCUT2D eigenvalue weighted by molar-refractivity contribution is 5.44. The second-order valence-electron chi connectivity index (χ2n) is 3.04. The standard InChI is InChI=1S/C11H16O3/c1-3-4-7-14-9-5-6-10(12)11(8-9)13-2/h5-6,8,12H,3-4,7H2,1-2H3. The second-order valence-corrected chi connectivity index (χ2v) is 3.04. The van der Waals surface area contributed by atoms with Gasteiger partial charge in [-0.2, -0.15) is 0 Å². The summed E-state index contributed by atoms with van der Waals surface area (Å²) in [4.78, 5) is 0. The first-order valence-electron chi connectivity index (χ1n) is 4.77. The molecule has 3 nitrogen and oxygen atoms in total. The van der Waals surface area contributed by atoms with Crippen molar-refractivity contribution in [3.05, 3.63) is 18.2 Å². The number of benzene rings is 1. The van der Waals surface area contributed by atoms with Gasteiger partial charge in [-0.05, 0) is 18.6 Å². The molecular formula is C11H16O3. The molecule has 1 N–H and O–H groups in total. The molecule has 0 aromatic heterocycles. The topological polar surface area (TPSA) is 38.7 Å². The molecule has 0 unspecified atom stereocenters. The summed E-state index contributed by atoms with van der Waals surface area (Å²) in [5, 5.41) is 9.33. The Morgan fingerprint density at radius 1 is 1.36 bits per heavy atom. The van der Waals surface area contributed by atoms with Gasteiger partial charge in [0.15, 0.2) is 11.5 Å². The molecular weight excluding hydrogens is 180 g/mol. The van der Waals surface area contributed by atoms with Gasteiger partial charge in [0.2, 0.25) is 0 Å². The third kappa shape index (κ3) is 2.83. The van der Waals surface area contributed by atoms with Gasteiger partial charge in [-0.1, -0.05) is 13.3 Å². The number of hydrogen-bond acceptors (Lipinski definition) is 3. The zero-order chi connectivity index (χ0) is 10.4. The lowest BCUT2D eigenvalue weighted by Crippen LogP contribution is -1.96. The fourth-order valence-electron chi connectivity index (χ4n) is 1.08. The summed E-state index contributed by atoms with van der Waals surface area (Å²) in [6, 6.07) is 4.98. The highest BCUT2D eigenvalue weighted by Gasteiger charge is 2.02. The first-order valence-corrected chi connectivity index (χ1v) is 4.77. The van der Waals surface area contributed by atoms with E-state index in [1.807, 2.05) is 0 Å². The molecule has 0 heterocycles. The van der Waals surface area contributed by atoms with E-state index in [2.05, 4.69) is 6.92 Å². The van der Waals surface area contributed by atoms with Crippen LogP contribution in [0.2, 0.25) is 0 Å². The Morgan fingerprint density at radius 3 is 2.79 bits per heavy atom. The maximum atomic E-state index is 9.33. The molecule has 0 radical (unpaired) electrons. The van der Waals surface area contributed by atoms with Crippen molar-refractivity contribution < 1.29 is 14.6 Å². The Morgan fingerprint density at radius 2 is 2.14 bits per heavy atom. The van der Waals surface area contributed by atoms with Crippen LogP contribution < -0.4 is 9.47 Å². The zero-order valence-electron chi connectivity index (χ0n) is 8.62. The molecule has 78 valence electrons. The van der Waals surface area contributed by atoms with Gasteiger partial charge in [0.25, 0.3) is 0 Å². The molecule has 1 rings (SSSR count). The molecule has 0 aliphatic carbocycles. The monoisotopic (exact) mass is 196 g/mol. The summed E-state index contributed by atoms with van der Waals surface area (Å²) < 4.78 is 10.4. The van der Waals surface area contributed by atoms with Crippen molar-refractivity contribution in [2.75, 3.05) is 13.7 Å². The SMILES string of the molecule is CCCCOc1ccc(O)c(OC)c1. The van der Waals surface area contributed by atoms with Gasteiger partial charge in [-0.15, -0.1) is 0 Å². The minimum absolute atomic E-state index is 0.135. The molecule has 0 amide bonds. The third-order valence-electron chi connectivity index (χ3n) is 1.92. The van der Waals surface area contributed by atoms with Gasteiger partial charge in [0.05, 0.1) is 13.7 Å². The lowest BCUT2D eigenvalue weighted by Gasteiger charge is -2.08. The van der Waals surface area contributed by atoms with Gasteiger partial charge in [-0.3, -0.25) is 0 Å². The highest BCUT2D eigenvalue weighted by atomic mass is 16.5. The maximum absolute atomic E-state index is 9.33. The minimum atomic E-state index is 0.135. The third-order valence-corrected chi connectivity index (χ3v) is 1.92. The quantitative estimate of drug-likeness (QED) is 0.735. The van der Waals surface area contributed by atoms with Crippen molar-refractivity contribution in [1.82, 2.24) is 0 Å². The summed E-state index contributed by atoms with van der Waals surface area (Å²) in [7, 11) is 1.52. The lowest BCUT2D eigenvalue weighted by atomic mass is 10.3. The van der Waals surface area contributed by atoms with Gasteiger partial charge in [-0.25, -0.2) is 0 Å². The Labute approximate surface area is 84.3 Å². The van der Waals surface area contributed by atoms with Gasteiger partial charge in [0.1, 0.15) is 5.75 Å². The Balaban J connectivity index is 2.60. The van der Waals surface area contributed by atoms with Crippen LogP contribution in [0.1, 0.15) is 19.8 Å². The second kappa shape index (κ2) is 5.37. The zero-order valence-corrected chi connectivity index (χ0v) is 8.62. The van der Waals surface area contributed by atoms with Crippen LogP contribution in [-0.4, -0.2) is 18.8 Å². The van der Waals surface area contributed by atoms with Gasteiger partial charge in [0, 0.05) is 6.07 Å². The Bertz CT molecular complexity index is 284. The highest BCUT2D eigenvalue weighted by Crippen LogP contribution is 2.29. The van der Waals surface area contributed by atoms with E-state index in [4.69, 9.17) is 9.47 Å². The Kier molecular flexibility index (Phi) is 4.11. The fourth-order valence-corrected chi connectivity index (χ4v) is 1.08. The van der Waals surface area contributed by atoms with E-state index in [9.17, 15) is 5.11 Å². The van der Waals surface area contributed by atoms with Crippen molar-refractivity contribution >= 4 is 0 Å². The van der Waals surface area contributed by atoms with Crippen LogP contribution in [-0.2, 0) is 0 Å². The average Bonchev–Trinajstić information content (AvgIpc) is 2.21. The maximum Gasteiger partial charge on any atom is 0.164 e. The van der Waals surface area contributed by atoms with Crippen LogP contribution >= 0.6 is 0 Å². The van der Waals surface area contributed by atoms with Crippen molar-refractivity contribution in [2.24, 2.45) is 0 Å². The molecule has 1 aromatic carbocycles. The summed E-state index contributed by atoms with van der Waals surface area (Å²) >= 11 is 0. The number of phenols is 1. The molecule has 14 heavy (non-hydrogen) atoms. The number of rotatable bonds is 5. The number of phenolic OH excluding ortho intramolecular Hbond substituents is 1. The van der Waals surface area contributed by atoms with Crippen molar-refractivity contribution in [3.63, 3.8) is 0 Å². The average molecular weight is 196 g/mol. The van der Waals surface area contributed by atoms with E-state index in [-0.39, 0.29) is 5.75 Å². The molecule has 0 aliphatic rings. The van der Waals surface area contributed by atoms with Gasteiger partial charge >= 0.3 is 0 Å². The number of methoxy groups -OCH3 is 1. The van der Waals surface area contributed by atoms with Crippen LogP contribution in [0.15, 0.2) is 18.2 Å². The van der Waals surface area contributed by atoms with E-state index < -0.39 is 0 Å². The molecule has 3 heteroatoms. The molecule has 1 aromatic rings. The smallest absolute Gasteiger partial charge is 0.164 e. The van der Waals surface area contributed by atoms with Crippen LogP contribution in [0.5, 0.6) is 17.2 Å². The van der Waals surface area contributed by atoms with Crippen LogP contribution in [0.3, 0.4) is 0 Å². The summed E-state index contributed by atoms with van der Waals surface area (Å²) in [6.45, 7) is 2.81. The van der Waals surface area contributed by atoms with E-state index >= 15 is 0 Å². The van der Waals surface area contributed by atoms with Crippen molar-refractivity contribution in [2.45, 2.75) is 19.8 Å². The molecule has 0 saturated carbocycles. The number of aromatic hydroxyl groups is 1. The normalized spacial score (nSPS) is 9.86. The summed E-state index contributed by atoms with van der Waals surface area (Å²) in [5.74, 6) is 1.31. The van der Waals surface area contributed by atoms with Gasteiger partial charge < -0.3 is 14.6 Å². The first kappa shape index (κ1) is 10.7. The summed E-state index contributed by atoms with van der Waals surface area (Å²) in [5.41, 5.74) is 0. The lowest BCUT2D eigenvalue weighted by molar-refractivity contribution is 0.304. The molecule has 0 bridgehead atoms. The minimum Gasteiger partial charge on any atom is -0.504 e.